The molecule has 10 nitrogen and oxygen atoms in total. The molecular weight excluding hydrogens is 674 g/mol. The van der Waals surface area contributed by atoms with E-state index in [1.54, 1.807) is 34.6 Å². The molecule has 4 aliphatic rings. The SMILES string of the molecule is C.CC(C)(C)OC(=O)N[C@@H]1C[C@H](O)[C@H]2OC(C)(C)O[C@H]21.CC1(C)O[C@@H]2[C@H](O1)[C@@H](O)C[C@H]2N.II. The van der Waals surface area contributed by atoms with Gasteiger partial charge in [-0.2, -0.15) is 0 Å². The first-order chi connectivity index (χ1) is 15.1. The summed E-state index contributed by atoms with van der Waals surface area (Å²) < 4.78 is 27.6. The highest BCUT2D eigenvalue weighted by Crippen LogP contribution is 2.39. The highest BCUT2D eigenvalue weighted by atomic mass is 128. The van der Waals surface area contributed by atoms with Gasteiger partial charge in [-0.1, -0.05) is 7.43 Å². The smallest absolute Gasteiger partial charge is 0.407 e. The quantitative estimate of drug-likeness (QED) is 0.302. The Morgan fingerprint density at radius 1 is 0.912 bits per heavy atom. The number of fused-ring (bicyclic) bond motifs is 2. The predicted molar refractivity (Wildman–Crippen MR) is 145 cm³/mol. The first kappa shape index (κ1) is 32.5. The van der Waals surface area contributed by atoms with Gasteiger partial charge in [-0.25, -0.2) is 4.79 Å². The topological polar surface area (TPSA) is 142 Å². The number of hydrogen-bond acceptors (Lipinski definition) is 9. The van der Waals surface area contributed by atoms with Crippen LogP contribution in [0.25, 0.3) is 0 Å². The van der Waals surface area contributed by atoms with Crippen LogP contribution in [0.1, 0.15) is 68.7 Å². The lowest BCUT2D eigenvalue weighted by molar-refractivity contribution is -0.164. The molecule has 0 aromatic rings. The molecule has 2 heterocycles. The predicted octanol–water partition coefficient (Wildman–Crippen LogP) is 3.17. The molecule has 0 spiro atoms. The van der Waals surface area contributed by atoms with Crippen LogP contribution in [-0.2, 0) is 23.7 Å². The minimum Gasteiger partial charge on any atom is -0.444 e. The van der Waals surface area contributed by atoms with Crippen molar-refractivity contribution in [3.05, 3.63) is 0 Å². The van der Waals surface area contributed by atoms with Crippen molar-refractivity contribution < 1.29 is 38.7 Å². The molecule has 202 valence electrons. The fourth-order valence-corrected chi connectivity index (χ4v) is 4.55. The Bertz CT molecular complexity index is 658. The van der Waals surface area contributed by atoms with Crippen LogP contribution in [0.4, 0.5) is 4.79 Å². The van der Waals surface area contributed by atoms with Gasteiger partial charge in [-0.05, 0) is 61.3 Å². The standard InChI is InChI=1S/C13H23NO5.C8H15NO3.CH4.I2/c1-12(2,3)19-11(16)14-7-6-8(15)10-9(7)17-13(4,5)18-10;1-8(2)11-6-4(9)3-5(10)7(6)12-8;;1-2/h7-10,15H,6H2,1-5H3,(H,14,16);4-7,10H,3,9H2,1-2H3;1H4;/t7-,8+,9+,10-;4-,5+,6+,7-;;/m11../s1. The van der Waals surface area contributed by atoms with Gasteiger partial charge in [0.25, 0.3) is 0 Å². The molecule has 4 rings (SSSR count). The Morgan fingerprint density at radius 2 is 1.32 bits per heavy atom. The van der Waals surface area contributed by atoms with E-state index in [-0.39, 0.29) is 37.8 Å². The summed E-state index contributed by atoms with van der Waals surface area (Å²) in [4.78, 5) is 11.8. The lowest BCUT2D eigenvalue weighted by Gasteiger charge is -2.25. The third-order valence-corrected chi connectivity index (χ3v) is 5.62. The summed E-state index contributed by atoms with van der Waals surface area (Å²) in [6.45, 7) is 12.7. The molecule has 8 atom stereocenters. The van der Waals surface area contributed by atoms with E-state index >= 15 is 0 Å². The second kappa shape index (κ2) is 12.3. The summed E-state index contributed by atoms with van der Waals surface area (Å²) in [6, 6.07) is -0.386. The van der Waals surface area contributed by atoms with Crippen molar-refractivity contribution in [1.29, 1.82) is 0 Å². The fraction of sp³-hybridized carbons (Fsp3) is 0.955. The molecule has 2 aliphatic carbocycles. The first-order valence-corrected chi connectivity index (χ1v) is 17.3. The van der Waals surface area contributed by atoms with E-state index in [1.807, 2.05) is 13.8 Å². The van der Waals surface area contributed by atoms with E-state index in [0.717, 1.165) is 0 Å². The number of carbonyl (C=O) groups is 1. The minimum atomic E-state index is -0.732. The van der Waals surface area contributed by atoms with Gasteiger partial charge in [0.2, 0.25) is 0 Å². The maximum atomic E-state index is 11.8. The molecule has 2 aliphatic heterocycles. The van der Waals surface area contributed by atoms with Crippen LogP contribution in [0.2, 0.25) is 0 Å². The van der Waals surface area contributed by atoms with Crippen molar-refractivity contribution >= 4 is 43.3 Å². The van der Waals surface area contributed by atoms with Gasteiger partial charge >= 0.3 is 6.09 Å². The molecule has 12 heteroatoms. The third kappa shape index (κ3) is 8.50. The Balaban J connectivity index is 0.000000332. The number of nitrogens with two attached hydrogens (primary N) is 1. The fourth-order valence-electron chi connectivity index (χ4n) is 4.55. The Kier molecular flexibility index (Phi) is 11.8. The zero-order valence-electron chi connectivity index (χ0n) is 20.2. The van der Waals surface area contributed by atoms with Crippen LogP contribution in [0.5, 0.6) is 0 Å². The van der Waals surface area contributed by atoms with E-state index in [1.165, 1.54) is 0 Å². The number of aliphatic hydroxyl groups is 2. The molecule has 5 N–H and O–H groups in total. The normalized spacial score (nSPS) is 38.8. The molecule has 4 fully saturated rings. The Morgan fingerprint density at radius 3 is 1.79 bits per heavy atom. The van der Waals surface area contributed by atoms with Gasteiger partial charge in [-0.3, -0.25) is 0 Å². The molecule has 0 radical (unpaired) electrons. The number of carbonyl (C=O) groups excluding carboxylic acids is 1. The lowest BCUT2D eigenvalue weighted by Crippen LogP contribution is -2.45. The van der Waals surface area contributed by atoms with Crippen LogP contribution in [0, 0.1) is 0 Å². The number of aliphatic hydroxyl groups excluding tert-OH is 2. The number of nitrogens with one attached hydrogen (secondary N) is 1. The van der Waals surface area contributed by atoms with Crippen LogP contribution in [-0.4, -0.2) is 82.2 Å². The second-order valence-electron chi connectivity index (χ2n) is 10.7. The van der Waals surface area contributed by atoms with E-state index < -0.39 is 41.6 Å². The number of hydrogen-bond donors (Lipinski definition) is 4. The van der Waals surface area contributed by atoms with Gasteiger partial charge in [0.15, 0.2) is 11.6 Å². The maximum absolute atomic E-state index is 11.8. The van der Waals surface area contributed by atoms with E-state index in [0.29, 0.717) is 12.8 Å². The number of halogens is 2. The van der Waals surface area contributed by atoms with Crippen LogP contribution >= 0.6 is 37.2 Å². The van der Waals surface area contributed by atoms with Crippen molar-refractivity contribution in [2.24, 2.45) is 5.73 Å². The van der Waals surface area contributed by atoms with Gasteiger partial charge in [0.05, 0.1) is 18.2 Å². The molecule has 0 aromatic heterocycles. The molecule has 34 heavy (non-hydrogen) atoms. The second-order valence-corrected chi connectivity index (χ2v) is 10.7. The van der Waals surface area contributed by atoms with Gasteiger partial charge in [0, 0.05) is 43.3 Å². The molecule has 2 saturated heterocycles. The van der Waals surface area contributed by atoms with E-state index in [9.17, 15) is 15.0 Å². The van der Waals surface area contributed by atoms with Gasteiger partial charge in [-0.15, -0.1) is 0 Å². The van der Waals surface area contributed by atoms with Crippen molar-refractivity contribution in [2.75, 3.05) is 0 Å². The number of amides is 1. The molecule has 0 bridgehead atoms. The average Bonchev–Trinajstić information content (AvgIpc) is 3.31. The van der Waals surface area contributed by atoms with E-state index in [4.69, 9.17) is 29.4 Å². The zero-order valence-corrected chi connectivity index (χ0v) is 24.5. The van der Waals surface area contributed by atoms with Crippen LogP contribution < -0.4 is 11.1 Å². The average molecular weight is 716 g/mol. The number of rotatable bonds is 1. The first-order valence-electron chi connectivity index (χ1n) is 11.0. The van der Waals surface area contributed by atoms with Crippen LogP contribution in [0.15, 0.2) is 0 Å². The minimum absolute atomic E-state index is 0. The summed E-state index contributed by atoms with van der Waals surface area (Å²) in [5.74, 6) is -1.32. The van der Waals surface area contributed by atoms with E-state index in [2.05, 4.69) is 42.5 Å². The summed E-state index contributed by atoms with van der Waals surface area (Å²) in [5.41, 5.74) is 5.22. The van der Waals surface area contributed by atoms with Gasteiger partial charge in [0.1, 0.15) is 30.0 Å². The number of alkyl carbamates (subject to hydrolysis) is 1. The summed E-state index contributed by atoms with van der Waals surface area (Å²) in [5, 5.41) is 22.2. The summed E-state index contributed by atoms with van der Waals surface area (Å²) in [6.07, 6.45) is -1.70. The number of ether oxygens (including phenoxy) is 5. The monoisotopic (exact) mass is 716 g/mol. The lowest BCUT2D eigenvalue weighted by atomic mass is 10.2. The van der Waals surface area contributed by atoms with Gasteiger partial charge < -0.3 is 44.9 Å². The summed E-state index contributed by atoms with van der Waals surface area (Å²) >= 11 is 4.24. The molecule has 1 amide bonds. The Hall–Kier alpha value is 0.450. The molecule has 0 unspecified atom stereocenters. The van der Waals surface area contributed by atoms with Crippen molar-refractivity contribution in [3.8, 4) is 0 Å². The Labute approximate surface area is 226 Å². The van der Waals surface area contributed by atoms with Crippen molar-refractivity contribution in [1.82, 2.24) is 5.32 Å². The maximum Gasteiger partial charge on any atom is 0.407 e. The van der Waals surface area contributed by atoms with Crippen molar-refractivity contribution in [2.45, 2.75) is 135 Å². The highest BCUT2D eigenvalue weighted by molar-refractivity contribution is 15.0. The highest BCUT2D eigenvalue weighted by Gasteiger charge is 2.54. The third-order valence-electron chi connectivity index (χ3n) is 5.62. The van der Waals surface area contributed by atoms with Crippen molar-refractivity contribution in [3.63, 3.8) is 0 Å². The molecule has 0 aromatic carbocycles. The zero-order chi connectivity index (χ0) is 25.4. The summed E-state index contributed by atoms with van der Waals surface area (Å²) in [7, 11) is 0. The molecule has 2 saturated carbocycles. The molecular formula is C22H42I2N2O8. The largest absolute Gasteiger partial charge is 0.444 e. The van der Waals surface area contributed by atoms with Crippen LogP contribution in [0.3, 0.4) is 0 Å².